The summed E-state index contributed by atoms with van der Waals surface area (Å²) in [7, 11) is 0. The van der Waals surface area contributed by atoms with Gasteiger partial charge in [0, 0.05) is 19.5 Å². The van der Waals surface area contributed by atoms with Gasteiger partial charge in [-0.1, -0.05) is 33.6 Å². The maximum Gasteiger partial charge on any atom is 0.222 e. The Bertz CT molecular complexity index is 189. The van der Waals surface area contributed by atoms with E-state index in [1.54, 1.807) is 0 Å². The summed E-state index contributed by atoms with van der Waals surface area (Å²) < 4.78 is 0. The average molecular weight is 197 g/mol. The Morgan fingerprint density at radius 1 is 1.50 bits per heavy atom. The smallest absolute Gasteiger partial charge is 0.222 e. The maximum absolute atomic E-state index is 11.7. The van der Waals surface area contributed by atoms with Crippen LogP contribution in [-0.4, -0.2) is 23.9 Å². The van der Waals surface area contributed by atoms with Crippen molar-refractivity contribution in [3.63, 3.8) is 0 Å². The average Bonchev–Trinajstić information content (AvgIpc) is 2.10. The highest BCUT2D eigenvalue weighted by atomic mass is 16.2. The van der Waals surface area contributed by atoms with E-state index in [1.807, 2.05) is 4.90 Å². The van der Waals surface area contributed by atoms with Crippen LogP contribution in [0, 0.1) is 11.8 Å². The molecule has 0 aromatic heterocycles. The number of piperidine rings is 1. The Hall–Kier alpha value is -0.530. The Labute approximate surface area is 87.7 Å². The van der Waals surface area contributed by atoms with E-state index in [9.17, 15) is 4.79 Å². The van der Waals surface area contributed by atoms with Gasteiger partial charge in [0.1, 0.15) is 0 Å². The minimum atomic E-state index is 0.378. The SMILES string of the molecule is CCCC1CCN(CC(C)C)C(=O)C1. The summed E-state index contributed by atoms with van der Waals surface area (Å²) in [5.74, 6) is 1.64. The molecule has 0 spiro atoms. The van der Waals surface area contributed by atoms with Crippen molar-refractivity contribution < 1.29 is 4.79 Å². The monoisotopic (exact) mass is 197 g/mol. The molecular weight excluding hydrogens is 174 g/mol. The number of hydrogen-bond donors (Lipinski definition) is 0. The van der Waals surface area contributed by atoms with Crippen LogP contribution in [0.25, 0.3) is 0 Å². The second-order valence-corrected chi connectivity index (χ2v) is 4.88. The van der Waals surface area contributed by atoms with Crippen LogP contribution in [-0.2, 0) is 4.79 Å². The zero-order valence-electron chi connectivity index (χ0n) is 9.75. The third-order valence-electron chi connectivity index (χ3n) is 2.91. The van der Waals surface area contributed by atoms with Crippen LogP contribution in [0.3, 0.4) is 0 Å². The molecule has 82 valence electrons. The fourth-order valence-electron chi connectivity index (χ4n) is 2.23. The van der Waals surface area contributed by atoms with Crippen molar-refractivity contribution in [2.45, 2.75) is 46.5 Å². The van der Waals surface area contributed by atoms with E-state index in [0.717, 1.165) is 19.5 Å². The molecule has 0 bridgehead atoms. The van der Waals surface area contributed by atoms with E-state index in [2.05, 4.69) is 20.8 Å². The van der Waals surface area contributed by atoms with E-state index in [4.69, 9.17) is 0 Å². The molecule has 1 unspecified atom stereocenters. The van der Waals surface area contributed by atoms with Gasteiger partial charge in [0.25, 0.3) is 0 Å². The number of hydrogen-bond acceptors (Lipinski definition) is 1. The summed E-state index contributed by atoms with van der Waals surface area (Å²) in [6.45, 7) is 8.47. The van der Waals surface area contributed by atoms with Crippen molar-refractivity contribution in [1.82, 2.24) is 4.90 Å². The maximum atomic E-state index is 11.7. The van der Waals surface area contributed by atoms with E-state index in [-0.39, 0.29) is 0 Å². The van der Waals surface area contributed by atoms with E-state index in [1.165, 1.54) is 19.3 Å². The lowest BCUT2D eigenvalue weighted by Crippen LogP contribution is -2.40. The number of carbonyl (C=O) groups excluding carboxylic acids is 1. The molecule has 1 saturated heterocycles. The first-order valence-electron chi connectivity index (χ1n) is 5.91. The highest BCUT2D eigenvalue weighted by molar-refractivity contribution is 5.77. The molecule has 0 aliphatic carbocycles. The van der Waals surface area contributed by atoms with Crippen LogP contribution in [0.1, 0.15) is 46.5 Å². The lowest BCUT2D eigenvalue weighted by Gasteiger charge is -2.32. The lowest BCUT2D eigenvalue weighted by atomic mass is 9.91. The largest absolute Gasteiger partial charge is 0.342 e. The van der Waals surface area contributed by atoms with Gasteiger partial charge in [0.15, 0.2) is 0 Å². The van der Waals surface area contributed by atoms with Crippen molar-refractivity contribution >= 4 is 5.91 Å². The van der Waals surface area contributed by atoms with Crippen molar-refractivity contribution in [3.8, 4) is 0 Å². The van der Waals surface area contributed by atoms with Crippen LogP contribution in [0.15, 0.2) is 0 Å². The molecule has 2 nitrogen and oxygen atoms in total. The quantitative estimate of drug-likeness (QED) is 0.678. The third-order valence-corrected chi connectivity index (χ3v) is 2.91. The Morgan fingerprint density at radius 3 is 2.71 bits per heavy atom. The van der Waals surface area contributed by atoms with Crippen LogP contribution >= 0.6 is 0 Å². The van der Waals surface area contributed by atoms with Crippen molar-refractivity contribution in [2.24, 2.45) is 11.8 Å². The van der Waals surface area contributed by atoms with Gasteiger partial charge in [-0.15, -0.1) is 0 Å². The number of nitrogens with zero attached hydrogens (tertiary/aromatic N) is 1. The molecule has 1 aliphatic rings. The zero-order chi connectivity index (χ0) is 10.6. The summed E-state index contributed by atoms with van der Waals surface area (Å²) in [4.78, 5) is 13.8. The normalized spacial score (nSPS) is 23.3. The van der Waals surface area contributed by atoms with E-state index >= 15 is 0 Å². The number of likely N-dealkylation sites (tertiary alicyclic amines) is 1. The molecule has 2 heteroatoms. The zero-order valence-corrected chi connectivity index (χ0v) is 9.75. The van der Waals surface area contributed by atoms with Crippen LogP contribution in [0.5, 0.6) is 0 Å². The summed E-state index contributed by atoms with van der Waals surface area (Å²) in [5.41, 5.74) is 0. The molecule has 0 radical (unpaired) electrons. The van der Waals surface area contributed by atoms with Gasteiger partial charge in [-0.2, -0.15) is 0 Å². The predicted octanol–water partition coefficient (Wildman–Crippen LogP) is 2.68. The molecular formula is C12H23NO. The second-order valence-electron chi connectivity index (χ2n) is 4.88. The first kappa shape index (κ1) is 11.5. The molecule has 1 aliphatic heterocycles. The molecule has 0 saturated carbocycles. The van der Waals surface area contributed by atoms with Crippen LogP contribution < -0.4 is 0 Å². The molecule has 1 fully saturated rings. The second kappa shape index (κ2) is 5.38. The Kier molecular flexibility index (Phi) is 4.43. The van der Waals surface area contributed by atoms with E-state index < -0.39 is 0 Å². The molecule has 1 amide bonds. The van der Waals surface area contributed by atoms with E-state index in [0.29, 0.717) is 17.7 Å². The highest BCUT2D eigenvalue weighted by Crippen LogP contribution is 2.23. The molecule has 14 heavy (non-hydrogen) atoms. The molecule has 1 rings (SSSR count). The molecule has 1 atom stereocenters. The van der Waals surface area contributed by atoms with Crippen LogP contribution in [0.4, 0.5) is 0 Å². The summed E-state index contributed by atoms with van der Waals surface area (Å²) in [6.07, 6.45) is 4.44. The highest BCUT2D eigenvalue weighted by Gasteiger charge is 2.25. The first-order valence-corrected chi connectivity index (χ1v) is 5.91. The molecule has 0 aromatic rings. The fourth-order valence-corrected chi connectivity index (χ4v) is 2.23. The van der Waals surface area contributed by atoms with Gasteiger partial charge < -0.3 is 4.90 Å². The topological polar surface area (TPSA) is 20.3 Å². The fraction of sp³-hybridized carbons (Fsp3) is 0.917. The van der Waals surface area contributed by atoms with Gasteiger partial charge in [-0.3, -0.25) is 4.79 Å². The van der Waals surface area contributed by atoms with Crippen molar-refractivity contribution in [1.29, 1.82) is 0 Å². The van der Waals surface area contributed by atoms with Gasteiger partial charge in [-0.25, -0.2) is 0 Å². The van der Waals surface area contributed by atoms with Gasteiger partial charge in [0.05, 0.1) is 0 Å². The molecule has 1 heterocycles. The summed E-state index contributed by atoms with van der Waals surface area (Å²) in [6, 6.07) is 0. The summed E-state index contributed by atoms with van der Waals surface area (Å²) in [5, 5.41) is 0. The lowest BCUT2D eigenvalue weighted by molar-refractivity contribution is -0.135. The predicted molar refractivity (Wildman–Crippen MR) is 59.1 cm³/mol. The van der Waals surface area contributed by atoms with Gasteiger partial charge in [-0.05, 0) is 18.3 Å². The summed E-state index contributed by atoms with van der Waals surface area (Å²) >= 11 is 0. The number of rotatable bonds is 4. The minimum absolute atomic E-state index is 0.378. The number of amides is 1. The number of carbonyl (C=O) groups is 1. The van der Waals surface area contributed by atoms with Crippen molar-refractivity contribution in [3.05, 3.63) is 0 Å². The minimum Gasteiger partial charge on any atom is -0.342 e. The standard InChI is InChI=1S/C12H23NO/c1-4-5-11-6-7-13(9-10(2)3)12(14)8-11/h10-11H,4-9H2,1-3H3. The van der Waals surface area contributed by atoms with Gasteiger partial charge >= 0.3 is 0 Å². The Balaban J connectivity index is 2.36. The van der Waals surface area contributed by atoms with Gasteiger partial charge in [0.2, 0.25) is 5.91 Å². The Morgan fingerprint density at radius 2 is 2.21 bits per heavy atom. The first-order chi connectivity index (χ1) is 6.63. The molecule has 0 N–H and O–H groups in total. The third kappa shape index (κ3) is 3.32. The van der Waals surface area contributed by atoms with Crippen molar-refractivity contribution in [2.75, 3.05) is 13.1 Å². The van der Waals surface area contributed by atoms with Crippen LogP contribution in [0.2, 0.25) is 0 Å². The molecule has 0 aromatic carbocycles.